The van der Waals surface area contributed by atoms with Crippen LogP contribution < -0.4 is 14.4 Å². The van der Waals surface area contributed by atoms with Crippen LogP contribution in [0.25, 0.3) is 16.3 Å². The average Bonchev–Trinajstić information content (AvgIpc) is 3.35. The van der Waals surface area contributed by atoms with Gasteiger partial charge in [-0.05, 0) is 50.6 Å². The Morgan fingerprint density at radius 2 is 1.82 bits per heavy atom. The first-order chi connectivity index (χ1) is 18.4. The first kappa shape index (κ1) is 29.5. The van der Waals surface area contributed by atoms with Gasteiger partial charge < -0.3 is 9.80 Å². The summed E-state index contributed by atoms with van der Waals surface area (Å²) in [4.78, 5) is 4.11. The Balaban J connectivity index is 1.68. The highest BCUT2D eigenvalue weighted by Gasteiger charge is 2.31. The van der Waals surface area contributed by atoms with Crippen LogP contribution in [0.4, 0.5) is 11.4 Å². The Kier molecular flexibility index (Phi) is 9.04. The largest absolute Gasteiger partial charge is 0.326 e. The van der Waals surface area contributed by atoms with E-state index in [2.05, 4.69) is 4.90 Å². The van der Waals surface area contributed by atoms with Gasteiger partial charge in [-0.25, -0.2) is 0 Å². The van der Waals surface area contributed by atoms with Gasteiger partial charge in [-0.2, -0.15) is 21.4 Å². The lowest BCUT2D eigenvalue weighted by Gasteiger charge is -2.25. The zero-order valence-corrected chi connectivity index (χ0v) is 24.8. The van der Waals surface area contributed by atoms with Crippen LogP contribution >= 0.6 is 22.9 Å². The maximum absolute atomic E-state index is 11.6. The van der Waals surface area contributed by atoms with E-state index in [4.69, 9.17) is 16.2 Å². The Labute approximate surface area is 238 Å². The third-order valence-corrected chi connectivity index (χ3v) is 9.98. The molecule has 2 N–H and O–H groups in total. The molecule has 0 aliphatic carbocycles. The Hall–Kier alpha value is -2.48. The molecule has 0 fully saturated rings. The molecule has 1 aliphatic rings. The quantitative estimate of drug-likeness (QED) is 0.230. The molecule has 1 aromatic heterocycles. The van der Waals surface area contributed by atoms with Crippen LogP contribution in [0.15, 0.2) is 60.4 Å². The number of benzene rings is 2. The van der Waals surface area contributed by atoms with Crippen molar-refractivity contribution in [2.45, 2.75) is 38.5 Å². The zero-order valence-electron chi connectivity index (χ0n) is 21.6. The fourth-order valence-corrected chi connectivity index (χ4v) is 6.73. The van der Waals surface area contributed by atoms with Crippen LogP contribution in [0, 0.1) is 0 Å². The lowest BCUT2D eigenvalue weighted by atomic mass is 10.2. The van der Waals surface area contributed by atoms with Gasteiger partial charge in [0.25, 0.3) is 25.2 Å². The summed E-state index contributed by atoms with van der Waals surface area (Å²) in [7, 11) is -8.21. The van der Waals surface area contributed by atoms with Gasteiger partial charge >= 0.3 is 0 Å². The molecule has 0 saturated heterocycles. The van der Waals surface area contributed by atoms with Crippen LogP contribution in [0.5, 0.6) is 0 Å². The minimum Gasteiger partial charge on any atom is -0.326 e. The van der Waals surface area contributed by atoms with Gasteiger partial charge in [0.2, 0.25) is 5.52 Å². The molecule has 4 rings (SSSR count). The summed E-state index contributed by atoms with van der Waals surface area (Å²) in [6.45, 7) is 4.94. The second-order valence-corrected chi connectivity index (χ2v) is 14.1. The number of nitrogens with zero attached hydrogens (tertiary/aromatic N) is 3. The second-order valence-electron chi connectivity index (χ2n) is 9.23. The number of para-hydroxylation sites is 1. The molecule has 2 aromatic carbocycles. The molecule has 1 aliphatic heterocycles. The lowest BCUT2D eigenvalue weighted by Crippen LogP contribution is -2.36. The van der Waals surface area contributed by atoms with E-state index in [9.17, 15) is 21.4 Å². The number of hydrogen-bond donors (Lipinski definition) is 2. The summed E-state index contributed by atoms with van der Waals surface area (Å²) < 4.78 is 67.5. The van der Waals surface area contributed by atoms with Gasteiger partial charge in [0.1, 0.15) is 10.5 Å². The molecule has 9 nitrogen and oxygen atoms in total. The van der Waals surface area contributed by atoms with E-state index in [1.165, 1.54) is 6.92 Å². The first-order valence-corrected chi connectivity index (χ1v) is 16.8. The molecule has 0 amide bonds. The van der Waals surface area contributed by atoms with Gasteiger partial charge in [-0.1, -0.05) is 41.1 Å². The van der Waals surface area contributed by atoms with Crippen LogP contribution in [-0.2, 0) is 26.8 Å². The normalized spacial score (nSPS) is 16.1. The Morgan fingerprint density at radius 3 is 2.51 bits per heavy atom. The number of allylic oxidation sites excluding steroid dienone is 2. The van der Waals surface area contributed by atoms with Crippen molar-refractivity contribution in [1.29, 1.82) is 0 Å². The second kappa shape index (κ2) is 11.9. The lowest BCUT2D eigenvalue weighted by molar-refractivity contribution is -0.668. The van der Waals surface area contributed by atoms with E-state index >= 15 is 0 Å². The predicted molar refractivity (Wildman–Crippen MR) is 158 cm³/mol. The molecule has 13 heteroatoms. The highest BCUT2D eigenvalue weighted by Crippen LogP contribution is 2.43. The van der Waals surface area contributed by atoms with Gasteiger partial charge in [0.05, 0.1) is 22.4 Å². The summed E-state index contributed by atoms with van der Waals surface area (Å²) in [6.07, 6.45) is 6.30. The van der Waals surface area contributed by atoms with Crippen molar-refractivity contribution in [2.24, 2.45) is 0 Å². The maximum Gasteiger partial charge on any atom is 0.267 e. The number of fused-ring (bicyclic) bond motifs is 2. The summed E-state index contributed by atoms with van der Waals surface area (Å²) in [6, 6.07) is 13.4. The number of anilines is 2. The number of aromatic nitrogens is 1. The standard InChI is InChI=1S/C26H30ClN3O6S3/c1-3-28-21-13-12-20(27)18-23(21)29(16-14-19(2)39(34,35)36)25(28)10-6-11-26-30(15-7-17-38(31,32)33)22-8-4-5-9-24(22)37-26/h4-6,8-13,18-19H,3,7,14-17H2,1-2H3,(H-,31,32,33,34,35,36)/p+1. The number of rotatable bonds is 11. The Bertz CT molecular complexity index is 1630. The first-order valence-electron chi connectivity index (χ1n) is 12.4. The van der Waals surface area contributed by atoms with E-state index < -0.39 is 25.5 Å². The molecule has 2 heterocycles. The fraction of sp³-hybridized carbons (Fsp3) is 0.346. The number of aryl methyl sites for hydroxylation is 1. The molecule has 210 valence electrons. The molecular weight excluding hydrogens is 582 g/mol. The van der Waals surface area contributed by atoms with E-state index in [-0.39, 0.29) is 18.6 Å². The van der Waals surface area contributed by atoms with Crippen molar-refractivity contribution in [3.8, 4) is 0 Å². The topological polar surface area (TPSA) is 119 Å². The van der Waals surface area contributed by atoms with Gasteiger partial charge in [0.15, 0.2) is 6.54 Å². The van der Waals surface area contributed by atoms with E-state index in [0.717, 1.165) is 32.4 Å². The van der Waals surface area contributed by atoms with Crippen molar-refractivity contribution in [3.05, 3.63) is 70.5 Å². The third-order valence-electron chi connectivity index (χ3n) is 6.56. The van der Waals surface area contributed by atoms with Crippen LogP contribution in [0.1, 0.15) is 31.7 Å². The summed E-state index contributed by atoms with van der Waals surface area (Å²) in [5.41, 5.74) is 2.78. The van der Waals surface area contributed by atoms with Crippen LogP contribution in [0.2, 0.25) is 5.02 Å². The van der Waals surface area contributed by atoms with Crippen molar-refractivity contribution in [2.75, 3.05) is 28.6 Å². The number of halogens is 1. The van der Waals surface area contributed by atoms with E-state index in [0.29, 0.717) is 24.7 Å². The molecule has 0 saturated carbocycles. The zero-order chi connectivity index (χ0) is 28.4. The minimum absolute atomic E-state index is 0.216. The Morgan fingerprint density at radius 1 is 1.08 bits per heavy atom. The SMILES string of the molecule is CCN1C(=CC=Cc2sc3ccccc3[n+]2CCCS(=O)(=O)O)N(CCC(C)S(=O)(=O)O)c2cc(Cl)ccc21. The molecule has 1 atom stereocenters. The summed E-state index contributed by atoms with van der Waals surface area (Å²) in [5, 5.41) is 0.551. The number of thiazole rings is 1. The van der Waals surface area contributed by atoms with Gasteiger partial charge in [-0.15, -0.1) is 0 Å². The molecule has 3 aromatic rings. The smallest absolute Gasteiger partial charge is 0.267 e. The van der Waals surface area contributed by atoms with Crippen molar-refractivity contribution >= 4 is 70.8 Å². The molecule has 0 spiro atoms. The van der Waals surface area contributed by atoms with E-state index in [1.807, 2.05) is 77.1 Å². The molecule has 0 bridgehead atoms. The third kappa shape index (κ3) is 7.00. The van der Waals surface area contributed by atoms with Crippen molar-refractivity contribution in [3.63, 3.8) is 0 Å². The molecule has 39 heavy (non-hydrogen) atoms. The van der Waals surface area contributed by atoms with Crippen LogP contribution in [0.3, 0.4) is 0 Å². The molecule has 0 radical (unpaired) electrons. The monoisotopic (exact) mass is 612 g/mol. The number of hydrogen-bond acceptors (Lipinski definition) is 7. The van der Waals surface area contributed by atoms with Gasteiger partial charge in [0, 0.05) is 36.7 Å². The fourth-order valence-electron chi connectivity index (χ4n) is 4.57. The van der Waals surface area contributed by atoms with Gasteiger partial charge in [-0.3, -0.25) is 9.11 Å². The summed E-state index contributed by atoms with van der Waals surface area (Å²) in [5.74, 6) is 0.522. The molecule has 1 unspecified atom stereocenters. The van der Waals surface area contributed by atoms with Crippen LogP contribution in [-0.4, -0.2) is 50.0 Å². The highest BCUT2D eigenvalue weighted by molar-refractivity contribution is 7.86. The van der Waals surface area contributed by atoms with Crippen molar-refractivity contribution in [1.82, 2.24) is 0 Å². The predicted octanol–water partition coefficient (Wildman–Crippen LogP) is 4.99. The van der Waals surface area contributed by atoms with Crippen molar-refractivity contribution < 1.29 is 30.5 Å². The summed E-state index contributed by atoms with van der Waals surface area (Å²) >= 11 is 7.88. The minimum atomic E-state index is -4.16. The molecular formula is C26H31ClN3O6S3+. The average molecular weight is 613 g/mol. The van der Waals surface area contributed by atoms with E-state index in [1.54, 1.807) is 11.3 Å². The highest BCUT2D eigenvalue weighted by atomic mass is 35.5. The maximum atomic E-state index is 11.6.